The molecule has 4 rings (SSSR count). The number of aliphatic hydroxyl groups excluding tert-OH is 1. The third kappa shape index (κ3) is 10.6. The number of carbonyl (C=O) groups excluding carboxylic acids is 2. The SMILES string of the molecule is CC[C@H](C)[C@@H](C(=O)N[C@@H](Cc1ccccc1)[C@H](O)CN(CC(C)C)S(=O)(=O)c1ccc(C=NO)cc1)N1CCN(Cc2cccc(COC)n2)C1=O. The van der Waals surface area contributed by atoms with Gasteiger partial charge in [-0.3, -0.25) is 9.78 Å². The number of nitrogens with one attached hydrogen (secondary N) is 1. The van der Waals surface area contributed by atoms with Gasteiger partial charge in [0.25, 0.3) is 0 Å². The molecule has 4 atom stereocenters. The number of hydrogen-bond acceptors (Lipinski definition) is 9. The second kappa shape index (κ2) is 18.9. The van der Waals surface area contributed by atoms with E-state index < -0.39 is 34.1 Å². The van der Waals surface area contributed by atoms with Crippen LogP contribution in [-0.2, 0) is 39.1 Å². The molecule has 0 bridgehead atoms. The van der Waals surface area contributed by atoms with E-state index in [0.717, 1.165) is 17.0 Å². The van der Waals surface area contributed by atoms with Crippen molar-refractivity contribution < 1.29 is 33.1 Å². The summed E-state index contributed by atoms with van der Waals surface area (Å²) in [4.78, 5) is 36.0. The molecule has 1 fully saturated rings. The normalized spacial score (nSPS) is 16.1. The number of aliphatic hydroxyl groups is 1. The second-order valence-corrected chi connectivity index (χ2v) is 15.6. The molecule has 282 valence electrons. The molecular weight excluding hydrogens is 685 g/mol. The van der Waals surface area contributed by atoms with E-state index in [1.54, 1.807) is 16.9 Å². The minimum Gasteiger partial charge on any atom is -0.411 e. The van der Waals surface area contributed by atoms with Crippen molar-refractivity contribution in [1.29, 1.82) is 0 Å². The van der Waals surface area contributed by atoms with Crippen molar-refractivity contribution in [2.24, 2.45) is 17.0 Å². The first kappa shape index (κ1) is 40.4. The standard InChI is InChI=1S/C38H52N6O7S/c1-6-28(4)36(44-20-19-42(38(44)47)24-31-13-10-14-32(40-31)26-51-5)37(46)41-34(21-29-11-8-7-9-12-29)35(45)25-43(23-27(2)3)52(49,50)33-17-15-30(16-18-33)22-39-48/h7-18,22,27-28,34-36,45,48H,6,19-21,23-26H2,1-5H3,(H,41,46)/t28-,34-,35+,36-/m0/s1. The van der Waals surface area contributed by atoms with Crippen molar-refractivity contribution >= 4 is 28.2 Å². The average molecular weight is 737 g/mol. The molecule has 3 amide bonds. The van der Waals surface area contributed by atoms with Gasteiger partial charge in [-0.1, -0.05) is 87.8 Å². The lowest BCUT2D eigenvalue weighted by Gasteiger charge is -2.35. The van der Waals surface area contributed by atoms with E-state index in [4.69, 9.17) is 9.94 Å². The first-order valence-corrected chi connectivity index (χ1v) is 19.1. The molecule has 0 spiro atoms. The maximum absolute atomic E-state index is 14.3. The Morgan fingerprint density at radius 1 is 1.02 bits per heavy atom. The third-order valence-corrected chi connectivity index (χ3v) is 11.0. The number of aromatic nitrogens is 1. The quantitative estimate of drug-likeness (QED) is 0.0940. The number of urea groups is 1. The smallest absolute Gasteiger partial charge is 0.321 e. The molecular formula is C38H52N6O7S. The number of carbonyl (C=O) groups is 2. The second-order valence-electron chi connectivity index (χ2n) is 13.7. The Morgan fingerprint density at radius 2 is 1.71 bits per heavy atom. The van der Waals surface area contributed by atoms with Gasteiger partial charge >= 0.3 is 6.03 Å². The maximum atomic E-state index is 14.3. The van der Waals surface area contributed by atoms with E-state index in [1.807, 2.05) is 76.2 Å². The number of oxime groups is 1. The topological polar surface area (TPSA) is 165 Å². The Hall–Kier alpha value is -4.37. The number of benzene rings is 2. The van der Waals surface area contributed by atoms with Crippen LogP contribution in [0.25, 0.3) is 0 Å². The number of methoxy groups -OCH3 is 1. The van der Waals surface area contributed by atoms with Crippen LogP contribution < -0.4 is 5.32 Å². The van der Waals surface area contributed by atoms with Crippen LogP contribution in [0.2, 0.25) is 0 Å². The molecule has 2 aromatic carbocycles. The molecule has 0 unspecified atom stereocenters. The molecule has 3 N–H and O–H groups in total. The molecule has 1 aliphatic rings. The van der Waals surface area contributed by atoms with Crippen molar-refractivity contribution in [1.82, 2.24) is 24.4 Å². The monoisotopic (exact) mass is 736 g/mol. The molecule has 0 radical (unpaired) electrons. The van der Waals surface area contributed by atoms with Crippen molar-refractivity contribution in [3.05, 3.63) is 95.3 Å². The molecule has 14 heteroatoms. The van der Waals surface area contributed by atoms with Crippen LogP contribution in [0.15, 0.2) is 82.8 Å². The molecule has 1 aromatic heterocycles. The van der Waals surface area contributed by atoms with E-state index >= 15 is 0 Å². The third-order valence-electron chi connectivity index (χ3n) is 9.20. The highest BCUT2D eigenvalue weighted by molar-refractivity contribution is 7.89. The first-order chi connectivity index (χ1) is 24.9. The summed E-state index contributed by atoms with van der Waals surface area (Å²) in [5.41, 5.74) is 2.84. The lowest BCUT2D eigenvalue weighted by Crippen LogP contribution is -2.57. The Balaban J connectivity index is 1.58. The summed E-state index contributed by atoms with van der Waals surface area (Å²) >= 11 is 0. The van der Waals surface area contributed by atoms with Gasteiger partial charge in [-0.05, 0) is 53.6 Å². The number of hydrogen-bond donors (Lipinski definition) is 3. The van der Waals surface area contributed by atoms with Gasteiger partial charge in [0.15, 0.2) is 0 Å². The van der Waals surface area contributed by atoms with Gasteiger partial charge < -0.3 is 30.2 Å². The van der Waals surface area contributed by atoms with E-state index in [-0.39, 0.29) is 48.8 Å². The lowest BCUT2D eigenvalue weighted by atomic mass is 9.95. The molecule has 0 aliphatic carbocycles. The number of pyridine rings is 1. The Morgan fingerprint density at radius 3 is 2.35 bits per heavy atom. The van der Waals surface area contributed by atoms with Crippen LogP contribution in [0.4, 0.5) is 4.79 Å². The highest BCUT2D eigenvalue weighted by Crippen LogP contribution is 2.24. The summed E-state index contributed by atoms with van der Waals surface area (Å²) in [6.45, 7) is 8.91. The van der Waals surface area contributed by atoms with Gasteiger partial charge in [0.1, 0.15) is 6.04 Å². The Kier molecular flexibility index (Phi) is 14.7. The van der Waals surface area contributed by atoms with Crippen LogP contribution in [0.5, 0.6) is 0 Å². The largest absolute Gasteiger partial charge is 0.411 e. The molecule has 2 heterocycles. The number of rotatable bonds is 19. The van der Waals surface area contributed by atoms with Crippen molar-refractivity contribution in [3.63, 3.8) is 0 Å². The zero-order valence-electron chi connectivity index (χ0n) is 30.6. The summed E-state index contributed by atoms with van der Waals surface area (Å²) in [6.07, 6.45) is 0.752. The van der Waals surface area contributed by atoms with Crippen molar-refractivity contribution in [2.75, 3.05) is 33.3 Å². The van der Waals surface area contributed by atoms with Crippen LogP contribution in [0, 0.1) is 11.8 Å². The van der Waals surface area contributed by atoms with Crippen molar-refractivity contribution in [3.8, 4) is 0 Å². The van der Waals surface area contributed by atoms with Crippen molar-refractivity contribution in [2.45, 2.75) is 76.8 Å². The van der Waals surface area contributed by atoms with Gasteiger partial charge in [0, 0.05) is 33.3 Å². The fraction of sp³-hybridized carbons (Fsp3) is 0.474. The van der Waals surface area contributed by atoms with Crippen LogP contribution in [-0.4, -0.2) is 107 Å². The first-order valence-electron chi connectivity index (χ1n) is 17.7. The molecule has 0 saturated carbocycles. The molecule has 3 aromatic rings. The minimum atomic E-state index is -4.07. The number of sulfonamides is 1. The molecule has 52 heavy (non-hydrogen) atoms. The fourth-order valence-corrected chi connectivity index (χ4v) is 7.97. The van der Waals surface area contributed by atoms with Gasteiger partial charge in [0.2, 0.25) is 15.9 Å². The molecule has 1 saturated heterocycles. The molecule has 1 aliphatic heterocycles. The maximum Gasteiger partial charge on any atom is 0.321 e. The van der Waals surface area contributed by atoms with E-state index in [0.29, 0.717) is 31.7 Å². The highest BCUT2D eigenvalue weighted by atomic mass is 32.2. The predicted molar refractivity (Wildman–Crippen MR) is 198 cm³/mol. The van der Waals surface area contributed by atoms with Crippen LogP contribution in [0.1, 0.15) is 56.6 Å². The summed E-state index contributed by atoms with van der Waals surface area (Å²) < 4.78 is 34.3. The van der Waals surface area contributed by atoms with Gasteiger partial charge in [-0.15, -0.1) is 0 Å². The van der Waals surface area contributed by atoms with Crippen LogP contribution in [0.3, 0.4) is 0 Å². The fourth-order valence-electron chi connectivity index (χ4n) is 6.35. The van der Waals surface area contributed by atoms with Gasteiger partial charge in [0.05, 0.1) is 47.8 Å². The van der Waals surface area contributed by atoms with Crippen LogP contribution >= 0.6 is 0 Å². The molecule has 13 nitrogen and oxygen atoms in total. The Bertz CT molecular complexity index is 1740. The van der Waals surface area contributed by atoms with Gasteiger partial charge in [-0.2, -0.15) is 4.31 Å². The number of nitrogens with zero attached hydrogens (tertiary/aromatic N) is 5. The van der Waals surface area contributed by atoms with E-state index in [9.17, 15) is 23.1 Å². The number of amides is 3. The summed E-state index contributed by atoms with van der Waals surface area (Å²) in [5, 5.41) is 26.7. The number of ether oxygens (including phenoxy) is 1. The average Bonchev–Trinajstić information content (AvgIpc) is 3.47. The minimum absolute atomic E-state index is 0.0219. The zero-order chi connectivity index (χ0) is 37.8. The summed E-state index contributed by atoms with van der Waals surface area (Å²) in [5.74, 6) is -0.691. The van der Waals surface area contributed by atoms with E-state index in [2.05, 4.69) is 15.5 Å². The highest BCUT2D eigenvalue weighted by Gasteiger charge is 2.41. The van der Waals surface area contributed by atoms with Gasteiger partial charge in [-0.25, -0.2) is 13.2 Å². The summed E-state index contributed by atoms with van der Waals surface area (Å²) in [7, 11) is -2.47. The Labute approximate surface area is 307 Å². The lowest BCUT2D eigenvalue weighted by molar-refractivity contribution is -0.128. The van der Waals surface area contributed by atoms with E-state index in [1.165, 1.54) is 34.8 Å². The summed E-state index contributed by atoms with van der Waals surface area (Å²) in [6, 6.07) is 18.9. The zero-order valence-corrected chi connectivity index (χ0v) is 31.4. The predicted octanol–water partition coefficient (Wildman–Crippen LogP) is 4.12.